The van der Waals surface area contributed by atoms with Crippen molar-refractivity contribution in [2.75, 3.05) is 13.1 Å². The van der Waals surface area contributed by atoms with Gasteiger partial charge in [-0.1, -0.05) is 35.9 Å². The molecule has 0 aliphatic carbocycles. The van der Waals surface area contributed by atoms with E-state index in [4.69, 9.17) is 11.6 Å². The van der Waals surface area contributed by atoms with Crippen LogP contribution in [-0.4, -0.2) is 24.9 Å². The van der Waals surface area contributed by atoms with Crippen LogP contribution < -0.4 is 10.6 Å². The molecule has 0 saturated carbocycles. The highest BCUT2D eigenvalue weighted by Crippen LogP contribution is 2.10. The van der Waals surface area contributed by atoms with E-state index < -0.39 is 0 Å². The second-order valence-electron chi connectivity index (χ2n) is 4.84. The number of carbonyl (C=O) groups excluding carboxylic acids is 2. The number of rotatable bonds is 5. The molecule has 114 valence electrons. The van der Waals surface area contributed by atoms with Gasteiger partial charge < -0.3 is 10.6 Å². The molecule has 0 heterocycles. The largest absolute Gasteiger partial charge is 0.350 e. The Morgan fingerprint density at radius 1 is 0.955 bits per heavy atom. The molecule has 2 rings (SSSR count). The fourth-order valence-electron chi connectivity index (χ4n) is 2.01. The van der Waals surface area contributed by atoms with Crippen molar-refractivity contribution in [2.45, 2.75) is 6.92 Å². The molecule has 0 unspecified atom stereocenters. The number of amides is 2. The first-order valence-electron chi connectivity index (χ1n) is 6.95. The average molecular weight is 317 g/mol. The van der Waals surface area contributed by atoms with Gasteiger partial charge in [-0.2, -0.15) is 0 Å². The number of benzene rings is 2. The van der Waals surface area contributed by atoms with Gasteiger partial charge >= 0.3 is 0 Å². The van der Waals surface area contributed by atoms with Gasteiger partial charge in [-0.15, -0.1) is 0 Å². The van der Waals surface area contributed by atoms with E-state index in [0.29, 0.717) is 29.2 Å². The number of halogens is 1. The summed E-state index contributed by atoms with van der Waals surface area (Å²) in [6.07, 6.45) is 0. The van der Waals surface area contributed by atoms with Gasteiger partial charge in [0.15, 0.2) is 0 Å². The van der Waals surface area contributed by atoms with Crippen molar-refractivity contribution in [2.24, 2.45) is 0 Å². The second-order valence-corrected chi connectivity index (χ2v) is 5.27. The highest BCUT2D eigenvalue weighted by molar-refractivity contribution is 6.30. The highest BCUT2D eigenvalue weighted by atomic mass is 35.5. The summed E-state index contributed by atoms with van der Waals surface area (Å²) in [5.41, 5.74) is 2.06. The second kappa shape index (κ2) is 7.61. The van der Waals surface area contributed by atoms with E-state index in [-0.39, 0.29) is 11.8 Å². The van der Waals surface area contributed by atoms with Gasteiger partial charge in [0, 0.05) is 29.2 Å². The molecule has 0 radical (unpaired) electrons. The number of nitrogens with one attached hydrogen (secondary N) is 2. The van der Waals surface area contributed by atoms with Crippen LogP contribution >= 0.6 is 11.6 Å². The molecule has 4 nitrogen and oxygen atoms in total. The Balaban J connectivity index is 1.79. The molecule has 0 aliphatic heterocycles. The molecule has 5 heteroatoms. The summed E-state index contributed by atoms with van der Waals surface area (Å²) in [4.78, 5) is 23.9. The number of hydrogen-bond donors (Lipinski definition) is 2. The maximum atomic E-state index is 12.0. The quantitative estimate of drug-likeness (QED) is 0.833. The lowest BCUT2D eigenvalue weighted by Crippen LogP contribution is -2.34. The lowest BCUT2D eigenvalue weighted by Gasteiger charge is -2.09. The predicted octanol–water partition coefficient (Wildman–Crippen LogP) is 2.81. The SMILES string of the molecule is Cc1ccccc1C(=O)NCCNC(=O)c1cccc(Cl)c1. The lowest BCUT2D eigenvalue weighted by molar-refractivity contribution is 0.0927. The lowest BCUT2D eigenvalue weighted by atomic mass is 10.1. The third-order valence-corrected chi connectivity index (χ3v) is 3.41. The molecule has 0 bridgehead atoms. The Hall–Kier alpha value is -2.33. The molecule has 22 heavy (non-hydrogen) atoms. The summed E-state index contributed by atoms with van der Waals surface area (Å²) < 4.78 is 0. The first-order valence-corrected chi connectivity index (χ1v) is 7.33. The van der Waals surface area contributed by atoms with Gasteiger partial charge in [0.1, 0.15) is 0 Å². The Bertz CT molecular complexity index is 686. The van der Waals surface area contributed by atoms with E-state index in [1.807, 2.05) is 25.1 Å². The first-order chi connectivity index (χ1) is 10.6. The van der Waals surface area contributed by atoms with E-state index in [2.05, 4.69) is 10.6 Å². The number of hydrogen-bond acceptors (Lipinski definition) is 2. The normalized spacial score (nSPS) is 10.1. The Labute approximate surface area is 134 Å². The molecule has 0 spiro atoms. The van der Waals surface area contributed by atoms with Crippen molar-refractivity contribution in [3.05, 3.63) is 70.2 Å². The van der Waals surface area contributed by atoms with E-state index in [0.717, 1.165) is 5.56 Å². The number of carbonyl (C=O) groups is 2. The van der Waals surface area contributed by atoms with Crippen LogP contribution in [0.3, 0.4) is 0 Å². The minimum atomic E-state index is -0.215. The van der Waals surface area contributed by atoms with E-state index in [1.165, 1.54) is 0 Å². The van der Waals surface area contributed by atoms with E-state index in [1.54, 1.807) is 30.3 Å². The molecule has 0 saturated heterocycles. The van der Waals surface area contributed by atoms with Crippen molar-refractivity contribution >= 4 is 23.4 Å². The molecular formula is C17H17ClN2O2. The third kappa shape index (κ3) is 4.33. The summed E-state index contributed by atoms with van der Waals surface area (Å²) in [5, 5.41) is 6.03. The molecule has 2 amide bonds. The monoisotopic (exact) mass is 316 g/mol. The van der Waals surface area contributed by atoms with E-state index >= 15 is 0 Å². The summed E-state index contributed by atoms with van der Waals surface area (Å²) in [7, 11) is 0. The minimum Gasteiger partial charge on any atom is -0.350 e. The Morgan fingerprint density at radius 2 is 1.64 bits per heavy atom. The first kappa shape index (κ1) is 16.0. The molecular weight excluding hydrogens is 300 g/mol. The van der Waals surface area contributed by atoms with Crippen LogP contribution in [0.4, 0.5) is 0 Å². The van der Waals surface area contributed by atoms with Crippen molar-refractivity contribution in [3.8, 4) is 0 Å². The van der Waals surface area contributed by atoms with Crippen LogP contribution in [0.25, 0.3) is 0 Å². The summed E-state index contributed by atoms with van der Waals surface area (Å²) in [6, 6.07) is 14.1. The Morgan fingerprint density at radius 3 is 2.32 bits per heavy atom. The maximum absolute atomic E-state index is 12.0. The van der Waals surface area contributed by atoms with Crippen LogP contribution in [0.1, 0.15) is 26.3 Å². The van der Waals surface area contributed by atoms with Crippen molar-refractivity contribution < 1.29 is 9.59 Å². The van der Waals surface area contributed by atoms with Crippen molar-refractivity contribution in [1.29, 1.82) is 0 Å². The van der Waals surface area contributed by atoms with Gasteiger partial charge in [0.2, 0.25) is 0 Å². The van der Waals surface area contributed by atoms with Gasteiger partial charge in [0.25, 0.3) is 11.8 Å². The van der Waals surface area contributed by atoms with Crippen LogP contribution in [-0.2, 0) is 0 Å². The zero-order valence-electron chi connectivity index (χ0n) is 12.2. The van der Waals surface area contributed by atoms with E-state index in [9.17, 15) is 9.59 Å². The number of aryl methyl sites for hydroxylation is 1. The molecule has 2 aromatic rings. The smallest absolute Gasteiger partial charge is 0.251 e. The summed E-state index contributed by atoms with van der Waals surface area (Å²) >= 11 is 5.84. The van der Waals surface area contributed by atoms with Crippen molar-refractivity contribution in [3.63, 3.8) is 0 Å². The molecule has 0 aromatic heterocycles. The topological polar surface area (TPSA) is 58.2 Å². The van der Waals surface area contributed by atoms with Gasteiger partial charge in [0.05, 0.1) is 0 Å². The molecule has 0 aliphatic rings. The molecule has 0 atom stereocenters. The molecule has 2 aromatic carbocycles. The minimum absolute atomic E-state index is 0.143. The fourth-order valence-corrected chi connectivity index (χ4v) is 2.20. The highest BCUT2D eigenvalue weighted by Gasteiger charge is 2.08. The van der Waals surface area contributed by atoms with Gasteiger partial charge in [-0.25, -0.2) is 0 Å². The van der Waals surface area contributed by atoms with Crippen LogP contribution in [0.15, 0.2) is 48.5 Å². The van der Waals surface area contributed by atoms with Gasteiger partial charge in [-0.05, 0) is 36.8 Å². The van der Waals surface area contributed by atoms with Crippen LogP contribution in [0.5, 0.6) is 0 Å². The average Bonchev–Trinajstić information content (AvgIpc) is 2.51. The third-order valence-electron chi connectivity index (χ3n) is 3.17. The summed E-state index contributed by atoms with van der Waals surface area (Å²) in [5.74, 6) is -0.359. The maximum Gasteiger partial charge on any atom is 0.251 e. The van der Waals surface area contributed by atoms with Crippen LogP contribution in [0, 0.1) is 6.92 Å². The zero-order valence-corrected chi connectivity index (χ0v) is 13.0. The van der Waals surface area contributed by atoms with Gasteiger partial charge in [-0.3, -0.25) is 9.59 Å². The fraction of sp³-hybridized carbons (Fsp3) is 0.176. The molecule has 0 fully saturated rings. The predicted molar refractivity (Wildman–Crippen MR) is 87.3 cm³/mol. The van der Waals surface area contributed by atoms with Crippen molar-refractivity contribution in [1.82, 2.24) is 10.6 Å². The standard InChI is InChI=1S/C17H17ClN2O2/c1-12-5-2-3-8-15(12)17(22)20-10-9-19-16(21)13-6-4-7-14(18)11-13/h2-8,11H,9-10H2,1H3,(H,19,21)(H,20,22). The Kier molecular flexibility index (Phi) is 5.55. The van der Waals surface area contributed by atoms with Crippen LogP contribution in [0.2, 0.25) is 5.02 Å². The summed E-state index contributed by atoms with van der Waals surface area (Å²) in [6.45, 7) is 2.60. The zero-order chi connectivity index (χ0) is 15.9. The molecule has 2 N–H and O–H groups in total.